The molecule has 2 aliphatic carbocycles. The molecular weight excluding hydrogens is 352 g/mol. The first kappa shape index (κ1) is 21.0. The van der Waals surface area contributed by atoms with Crippen molar-refractivity contribution in [2.24, 2.45) is 29.1 Å². The first-order valence-corrected chi connectivity index (χ1v) is 10.6. The van der Waals surface area contributed by atoms with Crippen LogP contribution in [0.2, 0.25) is 0 Å². The van der Waals surface area contributed by atoms with Gasteiger partial charge in [-0.3, -0.25) is 9.59 Å². The summed E-state index contributed by atoms with van der Waals surface area (Å²) >= 11 is 0. The number of aliphatic hydroxyl groups is 1. The highest BCUT2D eigenvalue weighted by molar-refractivity contribution is 5.98. The summed E-state index contributed by atoms with van der Waals surface area (Å²) in [6, 6.07) is 0. The van der Waals surface area contributed by atoms with Gasteiger partial charge in [-0.1, -0.05) is 38.0 Å². The molecule has 0 spiro atoms. The fourth-order valence-corrected chi connectivity index (χ4v) is 5.24. The standard InChI is InChI=1S/C24H34O4/c1-13(2)17-12-20(26)24(6)10-9-15(4)22-18(11-14(3)7-8-19(17)24)21(16(5)25)23(27)28-22/h11-13,16,18-19,21,25H,7-10H2,1-6H3/b14-11-,22-15+/t16-,18-,19+,21+,24-/m0/s1. The minimum absolute atomic E-state index is 0.214. The number of rotatable bonds is 2. The third-order valence-corrected chi connectivity index (χ3v) is 7.12. The largest absolute Gasteiger partial charge is 0.430 e. The molecule has 4 heteroatoms. The third kappa shape index (κ3) is 3.52. The number of aliphatic hydroxyl groups excluding tert-OH is 1. The molecule has 1 heterocycles. The number of esters is 1. The molecule has 0 aromatic carbocycles. The van der Waals surface area contributed by atoms with Gasteiger partial charge in [0.15, 0.2) is 5.78 Å². The molecule has 0 radical (unpaired) electrons. The summed E-state index contributed by atoms with van der Waals surface area (Å²) < 4.78 is 5.64. The molecular formula is C24H34O4. The molecule has 1 N–H and O–H groups in total. The molecule has 1 aliphatic heterocycles. The number of hydrogen-bond donors (Lipinski definition) is 1. The summed E-state index contributed by atoms with van der Waals surface area (Å²) in [7, 11) is 0. The molecule has 0 aromatic rings. The van der Waals surface area contributed by atoms with Crippen LogP contribution in [0.25, 0.3) is 0 Å². The van der Waals surface area contributed by atoms with Gasteiger partial charge in [-0.25, -0.2) is 0 Å². The lowest BCUT2D eigenvalue weighted by Crippen LogP contribution is -2.32. The number of carbonyl (C=O) groups is 2. The Hall–Kier alpha value is -1.68. The summed E-state index contributed by atoms with van der Waals surface area (Å²) in [5, 5.41) is 10.2. The van der Waals surface area contributed by atoms with Gasteiger partial charge >= 0.3 is 5.97 Å². The Balaban J connectivity index is 2.02. The van der Waals surface area contributed by atoms with Crippen LogP contribution in [0, 0.1) is 29.1 Å². The van der Waals surface area contributed by atoms with Crippen LogP contribution in [0.4, 0.5) is 0 Å². The van der Waals surface area contributed by atoms with Crippen LogP contribution in [0.3, 0.4) is 0 Å². The van der Waals surface area contributed by atoms with Gasteiger partial charge in [0.25, 0.3) is 0 Å². The number of ether oxygens (including phenoxy) is 1. The molecule has 0 amide bonds. The highest BCUT2D eigenvalue weighted by atomic mass is 16.5. The van der Waals surface area contributed by atoms with Crippen molar-refractivity contribution in [2.45, 2.75) is 73.3 Å². The lowest BCUT2D eigenvalue weighted by Gasteiger charge is -2.33. The number of carbonyl (C=O) groups excluding carboxylic acids is 2. The van der Waals surface area contributed by atoms with Crippen LogP contribution < -0.4 is 0 Å². The van der Waals surface area contributed by atoms with Crippen LogP contribution in [-0.2, 0) is 14.3 Å². The van der Waals surface area contributed by atoms with E-state index in [9.17, 15) is 14.7 Å². The predicted molar refractivity (Wildman–Crippen MR) is 109 cm³/mol. The van der Waals surface area contributed by atoms with Gasteiger partial charge in [-0.15, -0.1) is 0 Å². The Kier molecular flexibility index (Phi) is 5.73. The zero-order chi connectivity index (χ0) is 20.8. The van der Waals surface area contributed by atoms with Crippen molar-refractivity contribution in [1.82, 2.24) is 0 Å². The van der Waals surface area contributed by atoms with Crippen LogP contribution >= 0.6 is 0 Å². The van der Waals surface area contributed by atoms with Gasteiger partial charge < -0.3 is 9.84 Å². The second kappa shape index (κ2) is 7.62. The molecule has 1 saturated heterocycles. The molecule has 3 rings (SSSR count). The molecule has 0 saturated carbocycles. The van der Waals surface area contributed by atoms with Crippen molar-refractivity contribution in [1.29, 1.82) is 0 Å². The number of fused-ring (bicyclic) bond motifs is 2. The zero-order valence-electron chi connectivity index (χ0n) is 18.0. The van der Waals surface area contributed by atoms with Crippen LogP contribution in [0.15, 0.2) is 34.6 Å². The first-order valence-electron chi connectivity index (χ1n) is 10.6. The molecule has 5 atom stereocenters. The van der Waals surface area contributed by atoms with E-state index in [1.54, 1.807) is 6.92 Å². The van der Waals surface area contributed by atoms with Gasteiger partial charge in [0.05, 0.1) is 17.9 Å². The quantitative estimate of drug-likeness (QED) is 0.550. The highest BCUT2D eigenvalue weighted by Crippen LogP contribution is 2.50. The first-order chi connectivity index (χ1) is 13.1. The summed E-state index contributed by atoms with van der Waals surface area (Å²) in [5.41, 5.74) is 3.08. The Labute approximate surface area is 168 Å². The molecule has 0 aromatic heterocycles. The maximum atomic E-state index is 13.0. The van der Waals surface area contributed by atoms with Crippen molar-refractivity contribution in [3.8, 4) is 0 Å². The molecule has 0 unspecified atom stereocenters. The van der Waals surface area contributed by atoms with Crippen molar-refractivity contribution in [3.05, 3.63) is 34.6 Å². The van der Waals surface area contributed by atoms with Crippen molar-refractivity contribution in [2.75, 3.05) is 0 Å². The normalized spacial score (nSPS) is 39.5. The predicted octanol–water partition coefficient (Wildman–Crippen LogP) is 4.74. The van der Waals surface area contributed by atoms with Crippen molar-refractivity contribution in [3.63, 3.8) is 0 Å². The van der Waals surface area contributed by atoms with E-state index in [-0.39, 0.29) is 23.6 Å². The molecule has 154 valence electrons. The average molecular weight is 387 g/mol. The average Bonchev–Trinajstić information content (AvgIpc) is 3.05. The van der Waals surface area contributed by atoms with E-state index in [0.29, 0.717) is 11.7 Å². The van der Waals surface area contributed by atoms with E-state index < -0.39 is 17.4 Å². The Morgan fingerprint density at radius 1 is 1.18 bits per heavy atom. The van der Waals surface area contributed by atoms with E-state index in [2.05, 4.69) is 33.8 Å². The van der Waals surface area contributed by atoms with Crippen molar-refractivity contribution < 1.29 is 19.4 Å². The van der Waals surface area contributed by atoms with Gasteiger partial charge in [0.2, 0.25) is 0 Å². The fraction of sp³-hybridized carbons (Fsp3) is 0.667. The van der Waals surface area contributed by atoms with Crippen LogP contribution in [0.5, 0.6) is 0 Å². The minimum atomic E-state index is -0.758. The maximum absolute atomic E-state index is 13.0. The smallest absolute Gasteiger partial charge is 0.317 e. The second-order valence-electron chi connectivity index (χ2n) is 9.54. The van der Waals surface area contributed by atoms with E-state index in [1.165, 1.54) is 11.1 Å². The monoisotopic (exact) mass is 386 g/mol. The summed E-state index contributed by atoms with van der Waals surface area (Å²) in [4.78, 5) is 25.4. The Bertz CT molecular complexity index is 767. The van der Waals surface area contributed by atoms with E-state index in [0.717, 1.165) is 31.3 Å². The second-order valence-corrected chi connectivity index (χ2v) is 9.54. The molecule has 1 fully saturated rings. The molecule has 3 aliphatic rings. The van der Waals surface area contributed by atoms with Gasteiger partial charge in [0, 0.05) is 5.41 Å². The van der Waals surface area contributed by atoms with Crippen LogP contribution in [-0.4, -0.2) is 23.0 Å². The minimum Gasteiger partial charge on any atom is -0.430 e. The number of allylic oxidation sites excluding steroid dienone is 5. The number of hydrogen-bond acceptors (Lipinski definition) is 4. The molecule has 4 nitrogen and oxygen atoms in total. The summed E-state index contributed by atoms with van der Waals surface area (Å²) in [6.07, 6.45) is 6.53. The van der Waals surface area contributed by atoms with Crippen molar-refractivity contribution >= 4 is 11.8 Å². The van der Waals surface area contributed by atoms with Gasteiger partial charge in [-0.2, -0.15) is 0 Å². The van der Waals surface area contributed by atoms with Crippen LogP contribution in [0.1, 0.15) is 67.2 Å². The van der Waals surface area contributed by atoms with E-state index in [1.807, 2.05) is 13.0 Å². The van der Waals surface area contributed by atoms with E-state index in [4.69, 9.17) is 4.74 Å². The zero-order valence-corrected chi connectivity index (χ0v) is 18.0. The number of ketones is 1. The summed E-state index contributed by atoms with van der Waals surface area (Å²) in [5.74, 6) is 0.429. The SMILES string of the molecule is C/C1=C/[C@@H]2/C(=C(/C)CC[C@]3(C)C(=O)C=C(C(C)C)[C@H]3CC1)OC(=O)[C@@H]2[C@H](C)O. The molecule has 28 heavy (non-hydrogen) atoms. The highest BCUT2D eigenvalue weighted by Gasteiger charge is 2.48. The summed E-state index contributed by atoms with van der Waals surface area (Å²) in [6.45, 7) is 12.2. The maximum Gasteiger partial charge on any atom is 0.317 e. The topological polar surface area (TPSA) is 63.6 Å². The lowest BCUT2D eigenvalue weighted by atomic mass is 9.69. The fourth-order valence-electron chi connectivity index (χ4n) is 5.24. The molecule has 0 bridgehead atoms. The van der Waals surface area contributed by atoms with Gasteiger partial charge in [-0.05, 0) is 69.9 Å². The third-order valence-electron chi connectivity index (χ3n) is 7.12. The lowest BCUT2D eigenvalue weighted by molar-refractivity contribution is -0.142. The van der Waals surface area contributed by atoms with Gasteiger partial charge in [0.1, 0.15) is 5.76 Å². The van der Waals surface area contributed by atoms with E-state index >= 15 is 0 Å². The Morgan fingerprint density at radius 2 is 1.86 bits per heavy atom. The Morgan fingerprint density at radius 3 is 2.46 bits per heavy atom.